The number of anilines is 3. The topological polar surface area (TPSA) is 92.1 Å². The lowest BCUT2D eigenvalue weighted by atomic mass is 9.87. The van der Waals surface area contributed by atoms with Crippen LogP contribution < -0.4 is 21.7 Å². The number of amides is 1. The van der Waals surface area contributed by atoms with Crippen LogP contribution in [-0.2, 0) is 0 Å². The van der Waals surface area contributed by atoms with Crippen LogP contribution in [0.2, 0.25) is 0 Å². The molecule has 156 valence electrons. The molecule has 29 heavy (non-hydrogen) atoms. The maximum absolute atomic E-state index is 14.6. The Morgan fingerprint density at radius 1 is 1.28 bits per heavy atom. The van der Waals surface area contributed by atoms with Crippen LogP contribution in [0.15, 0.2) is 30.3 Å². The highest BCUT2D eigenvalue weighted by atomic mass is 19.3. The Labute approximate surface area is 167 Å². The van der Waals surface area contributed by atoms with Gasteiger partial charge in [0.05, 0.1) is 11.6 Å². The van der Waals surface area contributed by atoms with Crippen LogP contribution >= 0.6 is 0 Å². The normalized spacial score (nSPS) is 20.9. The Kier molecular flexibility index (Phi) is 5.97. The molecule has 1 aromatic heterocycles. The third kappa shape index (κ3) is 4.61. The highest BCUT2D eigenvalue weighted by Crippen LogP contribution is 2.35. The molecule has 0 spiro atoms. The third-order valence-corrected chi connectivity index (χ3v) is 5.04. The van der Waals surface area contributed by atoms with E-state index in [1.807, 2.05) is 25.1 Å². The minimum Gasteiger partial charge on any atom is -0.365 e. The number of benzene rings is 1. The number of hydrogen-bond acceptors (Lipinski definition) is 5. The molecule has 1 amide bonds. The first kappa shape index (κ1) is 20.9. The summed E-state index contributed by atoms with van der Waals surface area (Å²) in [6.07, 6.45) is 0.506. The Hall–Kier alpha value is -2.81. The van der Waals surface area contributed by atoms with Crippen LogP contribution in [0.25, 0.3) is 0 Å². The van der Waals surface area contributed by atoms with Gasteiger partial charge in [-0.2, -0.15) is 0 Å². The molecule has 2 atom stereocenters. The van der Waals surface area contributed by atoms with E-state index in [4.69, 9.17) is 5.73 Å². The first-order valence-electron chi connectivity index (χ1n) is 9.37. The van der Waals surface area contributed by atoms with Gasteiger partial charge < -0.3 is 21.7 Å². The van der Waals surface area contributed by atoms with E-state index in [9.17, 15) is 18.0 Å². The minimum atomic E-state index is -2.92. The molecular weight excluding hydrogens is 383 g/mol. The highest BCUT2D eigenvalue weighted by Gasteiger charge is 2.46. The summed E-state index contributed by atoms with van der Waals surface area (Å²) in [6, 6.07) is 6.36. The predicted molar refractivity (Wildman–Crippen MR) is 106 cm³/mol. The lowest BCUT2D eigenvalue weighted by Gasteiger charge is -2.38. The van der Waals surface area contributed by atoms with Crippen molar-refractivity contribution < 1.29 is 18.0 Å². The molecule has 9 heteroatoms. The standard InChI is InChI=1S/C20H24F3N5O/c1-11-5-3-6-12(9-11)26-18-13(17(24)29)10-14(21)19(28-18)27-15-7-4-8-20(22,23)16(15)25-2/h3,5-6,9-10,15-16,25H,4,7-8H2,1-2H3,(H2,24,29)(H2,26,27,28)/t15-,16-/m1/s1. The molecule has 1 aromatic carbocycles. The van der Waals surface area contributed by atoms with Crippen LogP contribution in [0.3, 0.4) is 0 Å². The fourth-order valence-electron chi connectivity index (χ4n) is 3.65. The summed E-state index contributed by atoms with van der Waals surface area (Å²) in [4.78, 5) is 15.9. The maximum atomic E-state index is 14.6. The number of carbonyl (C=O) groups excluding carboxylic acids is 1. The number of carbonyl (C=O) groups is 1. The molecule has 1 heterocycles. The fraction of sp³-hybridized carbons (Fsp3) is 0.400. The molecule has 5 N–H and O–H groups in total. The van der Waals surface area contributed by atoms with Gasteiger partial charge in [0.15, 0.2) is 11.6 Å². The van der Waals surface area contributed by atoms with Gasteiger partial charge in [-0.15, -0.1) is 0 Å². The Morgan fingerprint density at radius 3 is 2.69 bits per heavy atom. The maximum Gasteiger partial charge on any atom is 0.265 e. The van der Waals surface area contributed by atoms with Crippen LogP contribution in [0.5, 0.6) is 0 Å². The van der Waals surface area contributed by atoms with E-state index in [-0.39, 0.29) is 23.6 Å². The number of likely N-dealkylation sites (N-methyl/N-ethyl adjacent to an activating group) is 1. The summed E-state index contributed by atoms with van der Waals surface area (Å²) in [7, 11) is 1.45. The predicted octanol–water partition coefficient (Wildman–Crippen LogP) is 3.56. The molecule has 0 saturated heterocycles. The summed E-state index contributed by atoms with van der Waals surface area (Å²) in [5.41, 5.74) is 6.84. The zero-order valence-corrected chi connectivity index (χ0v) is 16.2. The van der Waals surface area contributed by atoms with Crippen molar-refractivity contribution in [3.63, 3.8) is 0 Å². The highest BCUT2D eigenvalue weighted by molar-refractivity contribution is 5.98. The molecule has 0 radical (unpaired) electrons. The minimum absolute atomic E-state index is 0.0515. The van der Waals surface area contributed by atoms with Crippen LogP contribution in [-0.4, -0.2) is 35.9 Å². The zero-order valence-electron chi connectivity index (χ0n) is 16.2. The zero-order chi connectivity index (χ0) is 21.2. The number of nitrogens with two attached hydrogens (primary N) is 1. The van der Waals surface area contributed by atoms with E-state index in [1.165, 1.54) is 7.05 Å². The van der Waals surface area contributed by atoms with Crippen LogP contribution in [0.1, 0.15) is 35.2 Å². The number of primary amides is 1. The molecule has 1 aliphatic rings. The average molecular weight is 407 g/mol. The molecule has 1 fully saturated rings. The van der Waals surface area contributed by atoms with Crippen molar-refractivity contribution in [3.8, 4) is 0 Å². The number of halogens is 3. The summed E-state index contributed by atoms with van der Waals surface area (Å²) in [5.74, 6) is -4.77. The van der Waals surface area contributed by atoms with Crippen molar-refractivity contribution >= 4 is 23.2 Å². The van der Waals surface area contributed by atoms with E-state index in [1.54, 1.807) is 6.07 Å². The molecule has 6 nitrogen and oxygen atoms in total. The quantitative estimate of drug-likeness (QED) is 0.588. The smallest absolute Gasteiger partial charge is 0.265 e. The molecule has 1 aliphatic carbocycles. The van der Waals surface area contributed by atoms with Crippen LogP contribution in [0.4, 0.5) is 30.5 Å². The van der Waals surface area contributed by atoms with Gasteiger partial charge in [0.2, 0.25) is 0 Å². The van der Waals surface area contributed by atoms with Gasteiger partial charge in [0.25, 0.3) is 11.8 Å². The Morgan fingerprint density at radius 2 is 2.03 bits per heavy atom. The number of aromatic nitrogens is 1. The van der Waals surface area contributed by atoms with E-state index >= 15 is 0 Å². The summed E-state index contributed by atoms with van der Waals surface area (Å²) in [6.45, 7) is 1.90. The lowest BCUT2D eigenvalue weighted by Crippen LogP contribution is -2.56. The average Bonchev–Trinajstić information content (AvgIpc) is 2.63. The van der Waals surface area contributed by atoms with Gasteiger partial charge in [-0.05, 0) is 50.6 Å². The van der Waals surface area contributed by atoms with Gasteiger partial charge in [-0.1, -0.05) is 12.1 Å². The lowest BCUT2D eigenvalue weighted by molar-refractivity contribution is -0.0654. The number of nitrogens with one attached hydrogen (secondary N) is 3. The van der Waals surface area contributed by atoms with Crippen LogP contribution in [0, 0.1) is 12.7 Å². The molecular formula is C20H24F3N5O. The van der Waals surface area contributed by atoms with Crippen molar-refractivity contribution in [2.75, 3.05) is 17.7 Å². The van der Waals surface area contributed by atoms with Gasteiger partial charge in [-0.3, -0.25) is 4.79 Å². The van der Waals surface area contributed by atoms with E-state index < -0.39 is 29.7 Å². The van der Waals surface area contributed by atoms with Crippen molar-refractivity contribution in [1.82, 2.24) is 10.3 Å². The van der Waals surface area contributed by atoms with E-state index in [0.717, 1.165) is 11.6 Å². The first-order chi connectivity index (χ1) is 13.7. The second-order valence-electron chi connectivity index (χ2n) is 7.24. The number of nitrogens with zero attached hydrogens (tertiary/aromatic N) is 1. The number of pyridine rings is 1. The number of aryl methyl sites for hydroxylation is 1. The number of hydrogen-bond donors (Lipinski definition) is 4. The third-order valence-electron chi connectivity index (χ3n) is 5.04. The second-order valence-corrected chi connectivity index (χ2v) is 7.24. The molecule has 0 aliphatic heterocycles. The van der Waals surface area contributed by atoms with Crippen molar-refractivity contribution in [2.24, 2.45) is 5.73 Å². The number of rotatable bonds is 6. The van der Waals surface area contributed by atoms with Gasteiger partial charge in [0, 0.05) is 18.2 Å². The van der Waals surface area contributed by atoms with Crippen molar-refractivity contribution in [1.29, 1.82) is 0 Å². The second kappa shape index (κ2) is 8.28. The molecule has 1 saturated carbocycles. The first-order valence-corrected chi connectivity index (χ1v) is 9.37. The van der Waals surface area contributed by atoms with Gasteiger partial charge in [0.1, 0.15) is 5.82 Å². The Bertz CT molecular complexity index is 906. The largest absolute Gasteiger partial charge is 0.365 e. The van der Waals surface area contributed by atoms with Crippen molar-refractivity contribution in [3.05, 3.63) is 47.3 Å². The SMILES string of the molecule is CN[C@@H]1[C@H](Nc2nc(Nc3cccc(C)c3)c(C(N)=O)cc2F)CCCC1(F)F. The Balaban J connectivity index is 1.94. The van der Waals surface area contributed by atoms with E-state index in [2.05, 4.69) is 20.9 Å². The molecule has 3 rings (SSSR count). The van der Waals surface area contributed by atoms with Gasteiger partial charge in [-0.25, -0.2) is 18.2 Å². The molecule has 0 bridgehead atoms. The molecule has 2 aromatic rings. The summed E-state index contributed by atoms with van der Waals surface area (Å²) < 4.78 is 43.0. The van der Waals surface area contributed by atoms with Gasteiger partial charge >= 0.3 is 0 Å². The number of alkyl halides is 2. The van der Waals surface area contributed by atoms with Crippen molar-refractivity contribution in [2.45, 2.75) is 44.2 Å². The molecule has 0 unspecified atom stereocenters. The monoisotopic (exact) mass is 407 g/mol. The summed E-state index contributed by atoms with van der Waals surface area (Å²) >= 11 is 0. The van der Waals surface area contributed by atoms with E-state index in [0.29, 0.717) is 18.5 Å². The fourth-order valence-corrected chi connectivity index (χ4v) is 3.65. The summed E-state index contributed by atoms with van der Waals surface area (Å²) in [5, 5.41) is 8.37.